The fraction of sp³-hybridized carbons (Fsp3) is 0.562. The first kappa shape index (κ1) is 16.6. The lowest BCUT2D eigenvalue weighted by Crippen LogP contribution is -2.11. The Morgan fingerprint density at radius 3 is 2.70 bits per heavy atom. The molecule has 0 bridgehead atoms. The molecule has 20 heavy (non-hydrogen) atoms. The molecular formula is C16H24FNO2. The molecule has 0 fully saturated rings. The summed E-state index contributed by atoms with van der Waals surface area (Å²) < 4.78 is 18.9. The topological polar surface area (TPSA) is 52.3 Å². The van der Waals surface area contributed by atoms with Crippen molar-refractivity contribution in [2.45, 2.75) is 39.0 Å². The molecule has 112 valence electrons. The first-order chi connectivity index (χ1) is 9.63. The van der Waals surface area contributed by atoms with Crippen LogP contribution < -0.4 is 10.5 Å². The summed E-state index contributed by atoms with van der Waals surface area (Å²) in [5, 5.41) is 0. The molecule has 1 rings (SSSR count). The SMILES string of the molecule is CCCC(CCN)CCC(=O)c1cccc(OC)c1F. The van der Waals surface area contributed by atoms with Gasteiger partial charge in [0, 0.05) is 6.42 Å². The van der Waals surface area contributed by atoms with Gasteiger partial charge in [-0.05, 0) is 37.4 Å². The predicted octanol–water partition coefficient (Wildman–Crippen LogP) is 3.56. The molecule has 0 amide bonds. The number of halogens is 1. The summed E-state index contributed by atoms with van der Waals surface area (Å²) in [6.45, 7) is 2.75. The lowest BCUT2D eigenvalue weighted by molar-refractivity contribution is 0.0967. The largest absolute Gasteiger partial charge is 0.494 e. The first-order valence-corrected chi connectivity index (χ1v) is 7.19. The number of carbonyl (C=O) groups is 1. The second-order valence-corrected chi connectivity index (χ2v) is 5.02. The fourth-order valence-electron chi connectivity index (χ4n) is 2.43. The van der Waals surface area contributed by atoms with Gasteiger partial charge in [-0.1, -0.05) is 25.8 Å². The Balaban J connectivity index is 2.66. The van der Waals surface area contributed by atoms with Crippen LogP contribution in [0.1, 0.15) is 49.4 Å². The molecule has 0 heterocycles. The van der Waals surface area contributed by atoms with Crippen LogP contribution in [-0.4, -0.2) is 19.4 Å². The molecule has 0 saturated heterocycles. The van der Waals surface area contributed by atoms with E-state index in [0.29, 0.717) is 18.9 Å². The average Bonchev–Trinajstić information content (AvgIpc) is 2.45. The summed E-state index contributed by atoms with van der Waals surface area (Å²) >= 11 is 0. The van der Waals surface area contributed by atoms with Gasteiger partial charge in [-0.25, -0.2) is 4.39 Å². The van der Waals surface area contributed by atoms with Crippen LogP contribution >= 0.6 is 0 Å². The van der Waals surface area contributed by atoms with Gasteiger partial charge in [-0.2, -0.15) is 0 Å². The minimum absolute atomic E-state index is 0.114. The number of Topliss-reactive ketones (excluding diaryl/α,β-unsaturated/α-hetero) is 1. The highest BCUT2D eigenvalue weighted by Crippen LogP contribution is 2.23. The molecule has 3 nitrogen and oxygen atoms in total. The van der Waals surface area contributed by atoms with E-state index in [-0.39, 0.29) is 17.1 Å². The summed E-state index contributed by atoms with van der Waals surface area (Å²) in [6.07, 6.45) is 4.18. The van der Waals surface area contributed by atoms with Crippen molar-refractivity contribution >= 4 is 5.78 Å². The molecule has 0 aliphatic carbocycles. The molecule has 2 N–H and O–H groups in total. The average molecular weight is 281 g/mol. The van der Waals surface area contributed by atoms with Gasteiger partial charge in [-0.15, -0.1) is 0 Å². The number of carbonyl (C=O) groups excluding carboxylic acids is 1. The standard InChI is InChI=1S/C16H24FNO2/c1-3-5-12(10-11-18)8-9-14(19)13-6-4-7-15(20-2)16(13)17/h4,6-7,12H,3,5,8-11,18H2,1-2H3. The quantitative estimate of drug-likeness (QED) is 0.704. The van der Waals surface area contributed by atoms with Crippen LogP contribution in [0, 0.1) is 11.7 Å². The highest BCUT2D eigenvalue weighted by molar-refractivity contribution is 5.96. The smallest absolute Gasteiger partial charge is 0.175 e. The van der Waals surface area contributed by atoms with E-state index in [4.69, 9.17) is 10.5 Å². The normalized spacial score (nSPS) is 12.2. The van der Waals surface area contributed by atoms with Crippen molar-refractivity contribution < 1.29 is 13.9 Å². The minimum atomic E-state index is -0.564. The van der Waals surface area contributed by atoms with E-state index < -0.39 is 5.82 Å². The van der Waals surface area contributed by atoms with E-state index in [9.17, 15) is 9.18 Å². The van der Waals surface area contributed by atoms with Gasteiger partial charge in [0.1, 0.15) is 0 Å². The second-order valence-electron chi connectivity index (χ2n) is 5.02. The van der Waals surface area contributed by atoms with Crippen LogP contribution in [0.3, 0.4) is 0 Å². The molecule has 4 heteroatoms. The molecule has 1 atom stereocenters. The van der Waals surface area contributed by atoms with Crippen molar-refractivity contribution in [1.29, 1.82) is 0 Å². The molecule has 1 unspecified atom stereocenters. The summed E-state index contributed by atoms with van der Waals surface area (Å²) in [4.78, 5) is 12.1. The third kappa shape index (κ3) is 4.60. The van der Waals surface area contributed by atoms with Crippen LogP contribution in [0.2, 0.25) is 0 Å². The van der Waals surface area contributed by atoms with E-state index in [1.807, 2.05) is 0 Å². The Hall–Kier alpha value is -1.42. The third-order valence-corrected chi connectivity index (χ3v) is 3.54. The highest BCUT2D eigenvalue weighted by Gasteiger charge is 2.17. The number of hydrogen-bond acceptors (Lipinski definition) is 3. The van der Waals surface area contributed by atoms with Gasteiger partial charge in [0.2, 0.25) is 0 Å². The molecule has 0 aliphatic heterocycles. The van der Waals surface area contributed by atoms with E-state index in [1.165, 1.54) is 19.2 Å². The maximum Gasteiger partial charge on any atom is 0.175 e. The minimum Gasteiger partial charge on any atom is -0.494 e. The lowest BCUT2D eigenvalue weighted by Gasteiger charge is -2.14. The fourth-order valence-corrected chi connectivity index (χ4v) is 2.43. The zero-order valence-corrected chi connectivity index (χ0v) is 12.3. The monoisotopic (exact) mass is 281 g/mol. The van der Waals surface area contributed by atoms with Crippen molar-refractivity contribution in [3.63, 3.8) is 0 Å². The van der Waals surface area contributed by atoms with Crippen molar-refractivity contribution in [2.24, 2.45) is 11.7 Å². The number of rotatable bonds is 9. The Morgan fingerprint density at radius 2 is 2.10 bits per heavy atom. The maximum absolute atomic E-state index is 14.0. The Kier molecular flexibility index (Phi) is 7.23. The van der Waals surface area contributed by atoms with Crippen LogP contribution in [-0.2, 0) is 0 Å². The maximum atomic E-state index is 14.0. The molecule has 0 radical (unpaired) electrons. The van der Waals surface area contributed by atoms with Gasteiger partial charge >= 0.3 is 0 Å². The van der Waals surface area contributed by atoms with Gasteiger partial charge < -0.3 is 10.5 Å². The molecule has 0 spiro atoms. The predicted molar refractivity (Wildman–Crippen MR) is 78.6 cm³/mol. The number of methoxy groups -OCH3 is 1. The summed E-state index contributed by atoms with van der Waals surface area (Å²) in [7, 11) is 1.39. The van der Waals surface area contributed by atoms with Crippen molar-refractivity contribution in [3.8, 4) is 5.75 Å². The van der Waals surface area contributed by atoms with Crippen molar-refractivity contribution in [3.05, 3.63) is 29.6 Å². The second kappa shape index (κ2) is 8.69. The number of ketones is 1. The van der Waals surface area contributed by atoms with Crippen LogP contribution in [0.4, 0.5) is 4.39 Å². The molecule has 0 saturated carbocycles. The molecule has 1 aromatic rings. The molecular weight excluding hydrogens is 257 g/mol. The van der Waals surface area contributed by atoms with Crippen LogP contribution in [0.15, 0.2) is 18.2 Å². The Bertz CT molecular complexity index is 428. The number of hydrogen-bond donors (Lipinski definition) is 1. The number of benzene rings is 1. The van der Waals surface area contributed by atoms with Gasteiger partial charge in [0.05, 0.1) is 12.7 Å². The van der Waals surface area contributed by atoms with Gasteiger partial charge in [0.25, 0.3) is 0 Å². The third-order valence-electron chi connectivity index (χ3n) is 3.54. The lowest BCUT2D eigenvalue weighted by atomic mass is 9.92. The zero-order valence-electron chi connectivity index (χ0n) is 12.3. The van der Waals surface area contributed by atoms with Crippen molar-refractivity contribution in [1.82, 2.24) is 0 Å². The van der Waals surface area contributed by atoms with Gasteiger partial charge in [-0.3, -0.25) is 4.79 Å². The van der Waals surface area contributed by atoms with Crippen LogP contribution in [0.5, 0.6) is 5.75 Å². The van der Waals surface area contributed by atoms with E-state index >= 15 is 0 Å². The summed E-state index contributed by atoms with van der Waals surface area (Å²) in [5.41, 5.74) is 5.70. The van der Waals surface area contributed by atoms with Crippen LogP contribution in [0.25, 0.3) is 0 Å². The summed E-state index contributed by atoms with van der Waals surface area (Å²) in [5.74, 6) is -0.170. The Morgan fingerprint density at radius 1 is 1.35 bits per heavy atom. The Labute approximate surface area is 120 Å². The first-order valence-electron chi connectivity index (χ1n) is 7.19. The van der Waals surface area contributed by atoms with E-state index in [0.717, 1.165) is 25.7 Å². The molecule has 0 aromatic heterocycles. The van der Waals surface area contributed by atoms with E-state index in [2.05, 4.69) is 6.92 Å². The molecule has 0 aliphatic rings. The van der Waals surface area contributed by atoms with E-state index in [1.54, 1.807) is 6.07 Å². The number of ether oxygens (including phenoxy) is 1. The van der Waals surface area contributed by atoms with Gasteiger partial charge in [0.15, 0.2) is 17.3 Å². The highest BCUT2D eigenvalue weighted by atomic mass is 19.1. The summed E-state index contributed by atoms with van der Waals surface area (Å²) in [6, 6.07) is 4.66. The number of nitrogens with two attached hydrogens (primary N) is 1. The zero-order chi connectivity index (χ0) is 15.0. The molecule has 1 aromatic carbocycles. The van der Waals surface area contributed by atoms with Crippen molar-refractivity contribution in [2.75, 3.05) is 13.7 Å².